The van der Waals surface area contributed by atoms with Gasteiger partial charge >= 0.3 is 0 Å². The van der Waals surface area contributed by atoms with Crippen molar-refractivity contribution in [2.24, 2.45) is 0 Å². The van der Waals surface area contributed by atoms with Crippen molar-refractivity contribution in [1.82, 2.24) is 4.98 Å². The highest BCUT2D eigenvalue weighted by Crippen LogP contribution is 2.06. The lowest BCUT2D eigenvalue weighted by molar-refractivity contribution is -0.107. The van der Waals surface area contributed by atoms with Crippen LogP contribution in [-0.4, -0.2) is 11.3 Å². The van der Waals surface area contributed by atoms with E-state index in [1.807, 2.05) is 0 Å². The first-order valence-electron chi connectivity index (χ1n) is 3.54. The van der Waals surface area contributed by atoms with E-state index in [1.165, 1.54) is 6.20 Å². The molecule has 0 spiro atoms. The van der Waals surface area contributed by atoms with Crippen molar-refractivity contribution in [3.8, 4) is 0 Å². The van der Waals surface area contributed by atoms with Gasteiger partial charge < -0.3 is 4.79 Å². The predicted octanol–water partition coefficient (Wildman–Crippen LogP) is 1.82. The third-order valence-corrected chi connectivity index (χ3v) is 1.33. The summed E-state index contributed by atoms with van der Waals surface area (Å²) in [6.07, 6.45) is 6.87. The van der Waals surface area contributed by atoms with E-state index in [0.717, 1.165) is 12.5 Å². The summed E-state index contributed by atoms with van der Waals surface area (Å²) in [5.74, 6) is -0.375. The second-order valence-corrected chi connectivity index (χ2v) is 2.20. The Morgan fingerprint density at radius 2 is 2.42 bits per heavy atom. The van der Waals surface area contributed by atoms with E-state index >= 15 is 0 Å². The Balaban J connectivity index is 2.74. The second-order valence-electron chi connectivity index (χ2n) is 2.20. The van der Waals surface area contributed by atoms with E-state index < -0.39 is 0 Å². The van der Waals surface area contributed by atoms with Gasteiger partial charge in [-0.05, 0) is 6.07 Å². The second kappa shape index (κ2) is 4.38. The quantitative estimate of drug-likeness (QED) is 0.639. The van der Waals surface area contributed by atoms with Gasteiger partial charge in [-0.25, -0.2) is 4.39 Å². The molecule has 0 aliphatic carbocycles. The molecular weight excluding hydrogens is 157 g/mol. The Kier molecular flexibility index (Phi) is 3.14. The van der Waals surface area contributed by atoms with Gasteiger partial charge in [0.1, 0.15) is 12.1 Å². The molecule has 0 atom stereocenters. The Morgan fingerprint density at radius 3 is 3.08 bits per heavy atom. The van der Waals surface area contributed by atoms with Crippen LogP contribution < -0.4 is 0 Å². The van der Waals surface area contributed by atoms with Crippen LogP contribution in [0.15, 0.2) is 24.5 Å². The van der Waals surface area contributed by atoms with Crippen LogP contribution in [0.3, 0.4) is 0 Å². The molecule has 0 N–H and O–H groups in total. The predicted molar refractivity (Wildman–Crippen MR) is 43.9 cm³/mol. The first-order chi connectivity index (χ1) is 5.84. The number of nitrogens with zero attached hydrogens (tertiary/aromatic N) is 1. The molecule has 0 bridgehead atoms. The number of hydrogen-bond donors (Lipinski definition) is 0. The van der Waals surface area contributed by atoms with Crippen molar-refractivity contribution in [3.05, 3.63) is 35.9 Å². The van der Waals surface area contributed by atoms with Crippen LogP contribution in [-0.2, 0) is 4.79 Å². The van der Waals surface area contributed by atoms with Crippen LogP contribution in [0, 0.1) is 5.82 Å². The normalized spacial score (nSPS) is 10.4. The van der Waals surface area contributed by atoms with Crippen LogP contribution in [0.4, 0.5) is 4.39 Å². The third-order valence-electron chi connectivity index (χ3n) is 1.33. The van der Waals surface area contributed by atoms with Crippen LogP contribution >= 0.6 is 0 Å². The molecule has 1 aromatic rings. The highest BCUT2D eigenvalue weighted by atomic mass is 19.1. The van der Waals surface area contributed by atoms with Crippen LogP contribution in [0.2, 0.25) is 0 Å². The van der Waals surface area contributed by atoms with E-state index in [-0.39, 0.29) is 5.82 Å². The number of aldehydes is 1. The molecule has 2 nitrogen and oxygen atoms in total. The molecule has 0 saturated carbocycles. The van der Waals surface area contributed by atoms with Gasteiger partial charge in [-0.1, -0.05) is 12.2 Å². The molecule has 0 unspecified atom stereocenters. The lowest BCUT2D eigenvalue weighted by atomic mass is 10.2. The van der Waals surface area contributed by atoms with Crippen LogP contribution in [0.25, 0.3) is 6.08 Å². The summed E-state index contributed by atoms with van der Waals surface area (Å²) < 4.78 is 12.8. The number of allylic oxidation sites excluding steroid dienone is 1. The first-order valence-corrected chi connectivity index (χ1v) is 3.54. The van der Waals surface area contributed by atoms with Crippen molar-refractivity contribution < 1.29 is 9.18 Å². The van der Waals surface area contributed by atoms with Gasteiger partial charge in [-0.2, -0.15) is 0 Å². The van der Waals surface area contributed by atoms with Crippen molar-refractivity contribution in [2.75, 3.05) is 0 Å². The summed E-state index contributed by atoms with van der Waals surface area (Å²) in [4.78, 5) is 13.5. The molecule has 0 aliphatic rings. The summed E-state index contributed by atoms with van der Waals surface area (Å²) >= 11 is 0. The average Bonchev–Trinajstić information content (AvgIpc) is 2.09. The van der Waals surface area contributed by atoms with Crippen molar-refractivity contribution >= 4 is 12.4 Å². The summed E-state index contributed by atoms with van der Waals surface area (Å²) in [6.45, 7) is 0. The molecule has 1 heterocycles. The fourth-order valence-corrected chi connectivity index (χ4v) is 0.772. The maximum atomic E-state index is 12.8. The van der Waals surface area contributed by atoms with Gasteiger partial charge in [-0.15, -0.1) is 0 Å². The van der Waals surface area contributed by atoms with E-state index in [4.69, 9.17) is 0 Å². The Morgan fingerprint density at radius 1 is 1.58 bits per heavy atom. The number of rotatable bonds is 3. The smallest absolute Gasteiger partial charge is 0.148 e. The average molecular weight is 165 g/mol. The largest absolute Gasteiger partial charge is 0.303 e. The van der Waals surface area contributed by atoms with E-state index in [9.17, 15) is 9.18 Å². The van der Waals surface area contributed by atoms with E-state index in [2.05, 4.69) is 4.98 Å². The minimum atomic E-state index is -0.375. The van der Waals surface area contributed by atoms with Gasteiger partial charge in [-0.3, -0.25) is 4.98 Å². The fraction of sp³-hybridized carbons (Fsp3) is 0.111. The number of pyridine rings is 1. The fourth-order valence-electron chi connectivity index (χ4n) is 0.772. The van der Waals surface area contributed by atoms with Gasteiger partial charge in [0.15, 0.2) is 0 Å². The summed E-state index contributed by atoms with van der Waals surface area (Å²) in [5, 5.41) is 0. The van der Waals surface area contributed by atoms with Gasteiger partial charge in [0.05, 0.1) is 6.20 Å². The van der Waals surface area contributed by atoms with Crippen molar-refractivity contribution in [3.63, 3.8) is 0 Å². The summed E-state index contributed by atoms with van der Waals surface area (Å²) in [6, 6.07) is 1.55. The Bertz CT molecular complexity index is 296. The zero-order valence-electron chi connectivity index (χ0n) is 6.40. The topological polar surface area (TPSA) is 30.0 Å². The molecule has 0 fully saturated rings. The Hall–Kier alpha value is -1.51. The molecule has 1 aromatic heterocycles. The molecule has 0 radical (unpaired) electrons. The standard InChI is InChI=1S/C9H8FNO/c10-9-7-11-5-4-8(9)3-1-2-6-12/h1,3-7H,2H2. The Labute approximate surface area is 69.7 Å². The number of carbonyl (C=O) groups is 1. The molecule has 0 aromatic carbocycles. The van der Waals surface area contributed by atoms with Gasteiger partial charge in [0.2, 0.25) is 0 Å². The molecule has 62 valence electrons. The zero-order valence-corrected chi connectivity index (χ0v) is 6.40. The van der Waals surface area contributed by atoms with Crippen LogP contribution in [0.1, 0.15) is 12.0 Å². The minimum Gasteiger partial charge on any atom is -0.303 e. The monoisotopic (exact) mass is 165 g/mol. The van der Waals surface area contributed by atoms with Crippen molar-refractivity contribution in [2.45, 2.75) is 6.42 Å². The zero-order chi connectivity index (χ0) is 8.81. The molecular formula is C9H8FNO. The minimum absolute atomic E-state index is 0.307. The molecule has 0 amide bonds. The highest BCUT2D eigenvalue weighted by molar-refractivity contribution is 5.57. The first kappa shape index (κ1) is 8.59. The number of halogens is 1. The number of aromatic nitrogens is 1. The molecule has 0 saturated heterocycles. The van der Waals surface area contributed by atoms with E-state index in [0.29, 0.717) is 12.0 Å². The molecule has 3 heteroatoms. The maximum absolute atomic E-state index is 12.8. The highest BCUT2D eigenvalue weighted by Gasteiger charge is 1.94. The van der Waals surface area contributed by atoms with Crippen molar-refractivity contribution in [1.29, 1.82) is 0 Å². The van der Waals surface area contributed by atoms with E-state index in [1.54, 1.807) is 18.2 Å². The molecule has 12 heavy (non-hydrogen) atoms. The maximum Gasteiger partial charge on any atom is 0.148 e. The number of hydrogen-bond acceptors (Lipinski definition) is 2. The summed E-state index contributed by atoms with van der Waals surface area (Å²) in [5.41, 5.74) is 0.451. The number of carbonyl (C=O) groups excluding carboxylic acids is 1. The lowest BCUT2D eigenvalue weighted by Gasteiger charge is -1.92. The van der Waals surface area contributed by atoms with Gasteiger partial charge in [0.25, 0.3) is 0 Å². The van der Waals surface area contributed by atoms with Crippen LogP contribution in [0.5, 0.6) is 0 Å². The third kappa shape index (κ3) is 2.27. The van der Waals surface area contributed by atoms with Gasteiger partial charge in [0, 0.05) is 18.2 Å². The SMILES string of the molecule is O=CCC=Cc1ccncc1F. The lowest BCUT2D eigenvalue weighted by Crippen LogP contribution is -1.82. The molecule has 0 aliphatic heterocycles. The summed E-state index contributed by atoms with van der Waals surface area (Å²) in [7, 11) is 0. The molecule has 1 rings (SSSR count).